The first-order valence-corrected chi connectivity index (χ1v) is 14.8. The van der Waals surface area contributed by atoms with Crippen LogP contribution in [0.1, 0.15) is 73.8 Å². The van der Waals surface area contributed by atoms with Gasteiger partial charge in [-0.25, -0.2) is 0 Å². The van der Waals surface area contributed by atoms with E-state index in [1.165, 1.54) is 0 Å². The minimum absolute atomic E-state index is 0.203. The fourth-order valence-corrected chi connectivity index (χ4v) is 5.74. The number of benzene rings is 3. The Morgan fingerprint density at radius 2 is 1.54 bits per heavy atom. The quantitative estimate of drug-likeness (QED) is 0.311. The Bertz CT molecular complexity index is 1380. The maximum Gasteiger partial charge on any atom is 0.199 e. The molecule has 0 spiro atoms. The van der Waals surface area contributed by atoms with Crippen LogP contribution in [-0.2, 0) is 9.47 Å². The average molecular weight is 554 g/mol. The number of hydrogen-bond acceptors (Lipinski definition) is 6. The zero-order chi connectivity index (χ0) is 28.0. The second-order valence-corrected chi connectivity index (χ2v) is 10.9. The zero-order valence-electron chi connectivity index (χ0n) is 23.7. The summed E-state index contributed by atoms with van der Waals surface area (Å²) in [6, 6.07) is 22.8. The van der Waals surface area contributed by atoms with Gasteiger partial charge >= 0.3 is 0 Å². The van der Waals surface area contributed by atoms with Crippen LogP contribution in [0.5, 0.6) is 17.2 Å². The first-order valence-electron chi connectivity index (χ1n) is 14.8. The van der Waals surface area contributed by atoms with Gasteiger partial charge in [0.1, 0.15) is 23.4 Å². The molecule has 3 atom stereocenters. The highest BCUT2D eigenvalue weighted by atomic mass is 16.7. The Morgan fingerprint density at radius 3 is 2.20 bits per heavy atom. The topological polar surface area (TPSA) is 72.2 Å². The minimum Gasteiger partial charge on any atom is -0.480 e. The molecule has 6 nitrogen and oxygen atoms in total. The van der Waals surface area contributed by atoms with Crippen LogP contribution in [0.25, 0.3) is 17.2 Å². The van der Waals surface area contributed by atoms with Crippen LogP contribution in [0.2, 0.25) is 0 Å². The Hall–Kier alpha value is -3.58. The second-order valence-electron chi connectivity index (χ2n) is 10.9. The Morgan fingerprint density at radius 1 is 0.829 bits per heavy atom. The lowest BCUT2D eigenvalue weighted by Gasteiger charge is -2.32. The third-order valence-electron chi connectivity index (χ3n) is 7.91. The zero-order valence-corrected chi connectivity index (χ0v) is 23.7. The first kappa shape index (κ1) is 27.6. The molecule has 0 radical (unpaired) electrons. The lowest BCUT2D eigenvalue weighted by atomic mass is 9.86. The molecular formula is C35H39NO5. The van der Waals surface area contributed by atoms with Gasteiger partial charge in [-0.05, 0) is 85.2 Å². The van der Waals surface area contributed by atoms with Crippen molar-refractivity contribution in [3.63, 3.8) is 0 Å². The van der Waals surface area contributed by atoms with Crippen molar-refractivity contribution in [1.29, 1.82) is 0 Å². The van der Waals surface area contributed by atoms with Gasteiger partial charge in [0.2, 0.25) is 0 Å². The van der Waals surface area contributed by atoms with E-state index in [0.29, 0.717) is 6.54 Å². The SMILES string of the molecule is CC1=C(c2cccc(OC3CCCCO3)c2)C(c2ccc(/C=C\CN)cc2)Oc2ccc(OC3CCCCO3)cc21. The fourth-order valence-electron chi connectivity index (χ4n) is 5.74. The van der Waals surface area contributed by atoms with E-state index in [0.717, 1.165) is 102 Å². The summed E-state index contributed by atoms with van der Waals surface area (Å²) < 4.78 is 30.9. The maximum atomic E-state index is 6.76. The Kier molecular flexibility index (Phi) is 8.71. The van der Waals surface area contributed by atoms with E-state index in [1.54, 1.807) is 0 Å². The van der Waals surface area contributed by atoms with Gasteiger partial charge in [0, 0.05) is 30.5 Å². The van der Waals surface area contributed by atoms with E-state index in [9.17, 15) is 0 Å². The van der Waals surface area contributed by atoms with Gasteiger partial charge in [-0.1, -0.05) is 48.6 Å². The second kappa shape index (κ2) is 12.9. The summed E-state index contributed by atoms with van der Waals surface area (Å²) in [4.78, 5) is 0. The van der Waals surface area contributed by atoms with Crippen LogP contribution in [0, 0.1) is 0 Å². The van der Waals surface area contributed by atoms with Crippen LogP contribution in [0.15, 0.2) is 72.8 Å². The predicted octanol–water partition coefficient (Wildman–Crippen LogP) is 7.53. The number of allylic oxidation sites excluding steroid dienone is 1. The van der Waals surface area contributed by atoms with Gasteiger partial charge in [0.25, 0.3) is 0 Å². The van der Waals surface area contributed by atoms with Crippen LogP contribution < -0.4 is 19.9 Å². The van der Waals surface area contributed by atoms with Crippen molar-refractivity contribution < 1.29 is 23.7 Å². The number of fused-ring (bicyclic) bond motifs is 1. The van der Waals surface area contributed by atoms with Crippen LogP contribution >= 0.6 is 0 Å². The molecule has 2 fully saturated rings. The largest absolute Gasteiger partial charge is 0.480 e. The molecule has 3 heterocycles. The van der Waals surface area contributed by atoms with Crippen LogP contribution in [0.4, 0.5) is 0 Å². The third-order valence-corrected chi connectivity index (χ3v) is 7.91. The normalized spacial score (nSPS) is 22.7. The smallest absolute Gasteiger partial charge is 0.199 e. The number of ether oxygens (including phenoxy) is 5. The standard InChI is InChI=1S/C35H39NO5/c1-24-30-23-29(40-33-12-3-5-21-38-33)17-18-31(30)41-35(26-15-13-25(14-16-26)8-7-19-36)34(24)27-9-6-10-28(22-27)39-32-11-2-4-20-37-32/h6-10,13-18,22-23,32-33,35H,2-5,11-12,19-21,36H2,1H3/b8-7-. The highest BCUT2D eigenvalue weighted by molar-refractivity contribution is 5.96. The van der Waals surface area contributed by atoms with E-state index in [4.69, 9.17) is 29.4 Å². The number of nitrogens with two attached hydrogens (primary N) is 1. The molecule has 2 saturated heterocycles. The number of rotatable bonds is 8. The molecule has 41 heavy (non-hydrogen) atoms. The molecule has 214 valence electrons. The van der Waals surface area contributed by atoms with E-state index < -0.39 is 0 Å². The fraction of sp³-hybridized carbons (Fsp3) is 0.371. The molecule has 6 rings (SSSR count). The Balaban J connectivity index is 1.37. The molecule has 2 N–H and O–H groups in total. The van der Waals surface area contributed by atoms with Gasteiger partial charge in [0.15, 0.2) is 12.6 Å². The maximum absolute atomic E-state index is 6.76. The molecule has 3 aliphatic rings. The van der Waals surface area contributed by atoms with E-state index in [1.807, 2.05) is 36.4 Å². The van der Waals surface area contributed by atoms with Crippen LogP contribution in [-0.4, -0.2) is 32.3 Å². The van der Waals surface area contributed by atoms with Gasteiger partial charge < -0.3 is 29.4 Å². The van der Waals surface area contributed by atoms with Crippen LogP contribution in [0.3, 0.4) is 0 Å². The monoisotopic (exact) mass is 553 g/mol. The van der Waals surface area contributed by atoms with Crippen molar-refractivity contribution in [3.05, 3.63) is 95.1 Å². The van der Waals surface area contributed by atoms with Gasteiger partial charge in [-0.3, -0.25) is 0 Å². The molecule has 3 aromatic rings. The summed E-state index contributed by atoms with van der Waals surface area (Å²) in [6.45, 7) is 4.17. The highest BCUT2D eigenvalue weighted by Crippen LogP contribution is 2.48. The molecule has 3 aromatic carbocycles. The molecular weight excluding hydrogens is 514 g/mol. The van der Waals surface area contributed by atoms with Gasteiger partial charge in [-0.15, -0.1) is 0 Å². The van der Waals surface area contributed by atoms with Crippen molar-refractivity contribution in [1.82, 2.24) is 0 Å². The van der Waals surface area contributed by atoms with E-state index in [-0.39, 0.29) is 18.7 Å². The summed E-state index contributed by atoms with van der Waals surface area (Å²) in [5.41, 5.74) is 12.2. The summed E-state index contributed by atoms with van der Waals surface area (Å²) >= 11 is 0. The summed E-state index contributed by atoms with van der Waals surface area (Å²) in [7, 11) is 0. The molecule has 0 aromatic heterocycles. The lowest BCUT2D eigenvalue weighted by molar-refractivity contribution is -0.106. The summed E-state index contributed by atoms with van der Waals surface area (Å²) in [5, 5.41) is 0. The number of hydrogen-bond donors (Lipinski definition) is 1. The highest BCUT2D eigenvalue weighted by Gasteiger charge is 2.30. The summed E-state index contributed by atoms with van der Waals surface area (Å²) in [5.74, 6) is 2.43. The minimum atomic E-state index is -0.287. The molecule has 6 heteroatoms. The first-order chi connectivity index (χ1) is 20.2. The van der Waals surface area contributed by atoms with Crippen molar-refractivity contribution in [3.8, 4) is 17.2 Å². The van der Waals surface area contributed by atoms with Crippen molar-refractivity contribution in [2.45, 2.75) is 64.1 Å². The predicted molar refractivity (Wildman–Crippen MR) is 162 cm³/mol. The third kappa shape index (κ3) is 6.51. The van der Waals surface area contributed by atoms with Crippen molar-refractivity contribution in [2.24, 2.45) is 5.73 Å². The molecule has 0 aliphatic carbocycles. The van der Waals surface area contributed by atoms with Crippen molar-refractivity contribution in [2.75, 3.05) is 19.8 Å². The molecule has 0 amide bonds. The van der Waals surface area contributed by atoms with Gasteiger partial charge in [0.05, 0.1) is 13.2 Å². The molecule has 0 bridgehead atoms. The molecule has 3 aliphatic heterocycles. The average Bonchev–Trinajstić information content (AvgIpc) is 3.01. The summed E-state index contributed by atoms with van der Waals surface area (Å²) in [6.07, 6.45) is 9.52. The van der Waals surface area contributed by atoms with E-state index in [2.05, 4.69) is 49.4 Å². The van der Waals surface area contributed by atoms with Crippen molar-refractivity contribution >= 4 is 17.2 Å². The lowest BCUT2D eigenvalue weighted by Crippen LogP contribution is -2.25. The Labute approximate surface area is 242 Å². The van der Waals surface area contributed by atoms with Gasteiger partial charge in [-0.2, -0.15) is 0 Å². The molecule has 0 saturated carbocycles. The van der Waals surface area contributed by atoms with E-state index >= 15 is 0 Å². The molecule has 3 unspecified atom stereocenters.